The largest absolute Gasteiger partial charge is 0.486 e. The highest BCUT2D eigenvalue weighted by Gasteiger charge is 2.15. The highest BCUT2D eigenvalue weighted by Crippen LogP contribution is 2.32. The van der Waals surface area contributed by atoms with Gasteiger partial charge in [0.05, 0.1) is 17.2 Å². The Hall–Kier alpha value is -4.41. The Morgan fingerprint density at radius 3 is 2.69 bits per heavy atom. The number of benzene rings is 2. The molecule has 0 atom stereocenters. The molecule has 0 radical (unpaired) electrons. The van der Waals surface area contributed by atoms with E-state index >= 15 is 0 Å². The number of imide groups is 1. The number of carbonyl (C=O) groups is 3. The molecule has 3 aromatic rings. The molecule has 0 saturated heterocycles. The molecule has 32 heavy (non-hydrogen) atoms. The fraction of sp³-hybridized carbons (Fsp3) is 0.190. The molecule has 0 spiro atoms. The summed E-state index contributed by atoms with van der Waals surface area (Å²) in [5.74, 6) is -0.623. The van der Waals surface area contributed by atoms with Gasteiger partial charge in [-0.2, -0.15) is 0 Å². The van der Waals surface area contributed by atoms with Gasteiger partial charge in [-0.3, -0.25) is 24.3 Å². The molecule has 1 aliphatic rings. The van der Waals surface area contributed by atoms with Gasteiger partial charge in [-0.15, -0.1) is 0 Å². The van der Waals surface area contributed by atoms with Crippen LogP contribution < -0.4 is 25.7 Å². The molecule has 0 aliphatic carbocycles. The molecule has 0 saturated carbocycles. The quantitative estimate of drug-likeness (QED) is 0.564. The molecular formula is C21H18N4O7. The molecular weight excluding hydrogens is 420 g/mol. The molecule has 2 aromatic carbocycles. The summed E-state index contributed by atoms with van der Waals surface area (Å²) in [6.45, 7) is -0.274. The van der Waals surface area contributed by atoms with Gasteiger partial charge in [-0.1, -0.05) is 12.1 Å². The van der Waals surface area contributed by atoms with Crippen LogP contribution in [0.5, 0.6) is 11.5 Å². The average Bonchev–Trinajstić information content (AvgIpc) is 2.79. The lowest BCUT2D eigenvalue weighted by Crippen LogP contribution is -2.37. The maximum absolute atomic E-state index is 12.4. The third kappa shape index (κ3) is 4.83. The number of anilines is 1. The van der Waals surface area contributed by atoms with E-state index in [0.717, 1.165) is 4.57 Å². The number of nitrogens with one attached hydrogen (secondary N) is 2. The van der Waals surface area contributed by atoms with Crippen LogP contribution in [0.2, 0.25) is 0 Å². The first kappa shape index (κ1) is 20.8. The Morgan fingerprint density at radius 2 is 1.84 bits per heavy atom. The zero-order chi connectivity index (χ0) is 22.5. The number of nitrogens with zero attached hydrogens (tertiary/aromatic N) is 2. The van der Waals surface area contributed by atoms with Crippen molar-refractivity contribution in [1.29, 1.82) is 0 Å². The summed E-state index contributed by atoms with van der Waals surface area (Å²) >= 11 is 0. The van der Waals surface area contributed by atoms with Crippen LogP contribution >= 0.6 is 0 Å². The molecule has 0 unspecified atom stereocenters. The van der Waals surface area contributed by atoms with Gasteiger partial charge < -0.3 is 19.5 Å². The second-order valence-corrected chi connectivity index (χ2v) is 6.72. The number of esters is 1. The van der Waals surface area contributed by atoms with Crippen molar-refractivity contribution in [2.45, 2.75) is 6.54 Å². The summed E-state index contributed by atoms with van der Waals surface area (Å²) in [6.07, 6.45) is 1.23. The lowest BCUT2D eigenvalue weighted by atomic mass is 10.2. The summed E-state index contributed by atoms with van der Waals surface area (Å²) in [5.41, 5.74) is 0.487. The number of amides is 3. The molecule has 0 bridgehead atoms. The number of hydrogen-bond acceptors (Lipinski definition) is 8. The fourth-order valence-electron chi connectivity index (χ4n) is 3.00. The monoisotopic (exact) mass is 438 g/mol. The molecule has 0 fully saturated rings. The summed E-state index contributed by atoms with van der Waals surface area (Å²) in [6, 6.07) is 10.7. The SMILES string of the molecule is O=C(COC(=O)Cn1cnc2ccccc2c1=O)NC(=O)Nc1ccc2c(c1)OCCO2. The lowest BCUT2D eigenvalue weighted by Gasteiger charge is -2.19. The predicted octanol–water partition coefficient (Wildman–Crippen LogP) is 1.06. The van der Waals surface area contributed by atoms with E-state index in [-0.39, 0.29) is 0 Å². The molecule has 4 rings (SSSR count). The van der Waals surface area contributed by atoms with Crippen LogP contribution in [0.4, 0.5) is 10.5 Å². The first-order valence-electron chi connectivity index (χ1n) is 9.60. The number of para-hydroxylation sites is 1. The number of fused-ring (bicyclic) bond motifs is 2. The first-order chi connectivity index (χ1) is 15.5. The van der Waals surface area contributed by atoms with Crippen molar-refractivity contribution >= 4 is 34.5 Å². The zero-order valence-corrected chi connectivity index (χ0v) is 16.7. The number of aromatic nitrogens is 2. The van der Waals surface area contributed by atoms with Crippen molar-refractivity contribution in [3.63, 3.8) is 0 Å². The van der Waals surface area contributed by atoms with Crippen molar-refractivity contribution in [2.75, 3.05) is 25.1 Å². The average molecular weight is 438 g/mol. The second-order valence-electron chi connectivity index (χ2n) is 6.72. The van der Waals surface area contributed by atoms with Crippen molar-refractivity contribution in [1.82, 2.24) is 14.9 Å². The summed E-state index contributed by atoms with van der Waals surface area (Å²) < 4.78 is 16.7. The van der Waals surface area contributed by atoms with Crippen LogP contribution in [0.3, 0.4) is 0 Å². The fourth-order valence-corrected chi connectivity index (χ4v) is 3.00. The molecule has 3 amide bonds. The van der Waals surface area contributed by atoms with Gasteiger partial charge in [-0.05, 0) is 24.3 Å². The molecule has 1 aromatic heterocycles. The van der Waals surface area contributed by atoms with Crippen LogP contribution in [-0.4, -0.2) is 47.3 Å². The number of ether oxygens (including phenoxy) is 3. The van der Waals surface area contributed by atoms with Gasteiger partial charge in [0, 0.05) is 11.8 Å². The topological polar surface area (TPSA) is 138 Å². The number of urea groups is 1. The van der Waals surface area contributed by atoms with E-state index in [0.29, 0.717) is 41.3 Å². The summed E-state index contributed by atoms with van der Waals surface area (Å²) in [4.78, 5) is 52.4. The van der Waals surface area contributed by atoms with Crippen LogP contribution in [-0.2, 0) is 20.9 Å². The number of hydrogen-bond donors (Lipinski definition) is 2. The van der Waals surface area contributed by atoms with Gasteiger partial charge in [-0.25, -0.2) is 9.78 Å². The van der Waals surface area contributed by atoms with Crippen LogP contribution in [0.25, 0.3) is 10.9 Å². The van der Waals surface area contributed by atoms with Crippen molar-refractivity contribution in [3.05, 3.63) is 59.1 Å². The maximum Gasteiger partial charge on any atom is 0.326 e. The summed E-state index contributed by atoms with van der Waals surface area (Å²) in [5, 5.41) is 4.88. The smallest absolute Gasteiger partial charge is 0.326 e. The predicted molar refractivity (Wildman–Crippen MR) is 112 cm³/mol. The molecule has 2 N–H and O–H groups in total. The summed E-state index contributed by atoms with van der Waals surface area (Å²) in [7, 11) is 0. The van der Waals surface area contributed by atoms with E-state index in [1.165, 1.54) is 6.33 Å². The second kappa shape index (κ2) is 9.16. The van der Waals surface area contributed by atoms with Gasteiger partial charge in [0.15, 0.2) is 18.1 Å². The lowest BCUT2D eigenvalue weighted by molar-refractivity contribution is -0.148. The molecule has 2 heterocycles. The van der Waals surface area contributed by atoms with Crippen LogP contribution in [0.1, 0.15) is 0 Å². The zero-order valence-electron chi connectivity index (χ0n) is 16.7. The minimum atomic E-state index is -0.836. The van der Waals surface area contributed by atoms with E-state index < -0.39 is 36.6 Å². The molecule has 164 valence electrons. The van der Waals surface area contributed by atoms with E-state index in [9.17, 15) is 19.2 Å². The van der Waals surface area contributed by atoms with Crippen LogP contribution in [0.15, 0.2) is 53.6 Å². The van der Waals surface area contributed by atoms with Gasteiger partial charge in [0.2, 0.25) is 0 Å². The van der Waals surface area contributed by atoms with Gasteiger partial charge >= 0.3 is 12.0 Å². The molecule has 11 heteroatoms. The molecule has 1 aliphatic heterocycles. The standard InChI is InChI=1S/C21H18N4O7/c26-18(24-21(29)23-13-5-6-16-17(9-13)31-8-7-30-16)11-32-19(27)10-25-12-22-15-4-2-1-3-14(15)20(25)28/h1-6,9,12H,7-8,10-11H2,(H2,23,24,26,29). The van der Waals surface area contributed by atoms with Crippen LogP contribution in [0, 0.1) is 0 Å². The third-order valence-electron chi connectivity index (χ3n) is 4.45. The normalized spacial score (nSPS) is 12.1. The van der Waals surface area contributed by atoms with Crippen molar-refractivity contribution in [3.8, 4) is 11.5 Å². The Kier molecular flexibility index (Phi) is 5.97. The Morgan fingerprint density at radius 1 is 1.06 bits per heavy atom. The Bertz CT molecular complexity index is 1250. The highest BCUT2D eigenvalue weighted by molar-refractivity contribution is 6.02. The van der Waals surface area contributed by atoms with E-state index in [1.54, 1.807) is 42.5 Å². The third-order valence-corrected chi connectivity index (χ3v) is 4.45. The van der Waals surface area contributed by atoms with E-state index in [1.807, 2.05) is 5.32 Å². The van der Waals surface area contributed by atoms with Gasteiger partial charge in [0.25, 0.3) is 11.5 Å². The van der Waals surface area contributed by atoms with Crippen molar-refractivity contribution < 1.29 is 28.6 Å². The minimum absolute atomic E-state index is 0.358. The Labute approximate surface area is 180 Å². The van der Waals surface area contributed by atoms with Gasteiger partial charge in [0.1, 0.15) is 19.8 Å². The van der Waals surface area contributed by atoms with Crippen molar-refractivity contribution in [2.24, 2.45) is 0 Å². The highest BCUT2D eigenvalue weighted by atomic mass is 16.6. The van der Waals surface area contributed by atoms with E-state index in [2.05, 4.69) is 10.3 Å². The molecule has 11 nitrogen and oxygen atoms in total. The first-order valence-corrected chi connectivity index (χ1v) is 9.60. The number of carbonyl (C=O) groups excluding carboxylic acids is 3. The Balaban J connectivity index is 1.26. The maximum atomic E-state index is 12.4. The number of rotatable bonds is 5. The minimum Gasteiger partial charge on any atom is -0.486 e. The van der Waals surface area contributed by atoms with E-state index in [4.69, 9.17) is 14.2 Å².